The number of fused-ring (bicyclic) bond motifs is 1. The molecule has 0 atom stereocenters. The van der Waals surface area contributed by atoms with E-state index in [4.69, 9.17) is 32.7 Å². The van der Waals surface area contributed by atoms with Gasteiger partial charge in [-0.2, -0.15) is 0 Å². The molecule has 3 aromatic rings. The average Bonchev–Trinajstić information content (AvgIpc) is 3.03. The molecule has 0 spiro atoms. The van der Waals surface area contributed by atoms with Gasteiger partial charge >= 0.3 is 0 Å². The monoisotopic (exact) mass is 397 g/mol. The Morgan fingerprint density at radius 2 is 1.88 bits per heavy atom. The molecule has 1 N–H and O–H groups in total. The lowest BCUT2D eigenvalue weighted by Crippen LogP contribution is -2.12. The van der Waals surface area contributed by atoms with Crippen LogP contribution in [0.3, 0.4) is 0 Å². The number of methoxy groups -OCH3 is 2. The fourth-order valence-corrected chi connectivity index (χ4v) is 4.21. The molecular formula is C16H13Cl2N3O3S. The minimum absolute atomic E-state index is 0.265. The molecule has 2 aromatic heterocycles. The second-order valence-electron chi connectivity index (χ2n) is 4.94. The smallest absolute Gasteiger partial charge is 0.207 e. The first-order valence-corrected chi connectivity index (χ1v) is 8.69. The number of ether oxygens (including phenoxy) is 2. The largest absolute Gasteiger partial charge is 0.495 e. The Balaban J connectivity index is 2.14. The van der Waals surface area contributed by atoms with Gasteiger partial charge in [0, 0.05) is 28.1 Å². The van der Waals surface area contributed by atoms with Gasteiger partial charge in [0.25, 0.3) is 0 Å². The van der Waals surface area contributed by atoms with Crippen LogP contribution in [-0.2, 0) is 11.3 Å². The third kappa shape index (κ3) is 3.35. The van der Waals surface area contributed by atoms with Crippen LogP contribution in [0.15, 0.2) is 18.3 Å². The zero-order valence-electron chi connectivity index (χ0n) is 13.3. The molecule has 130 valence electrons. The molecule has 0 unspecified atom stereocenters. The lowest BCUT2D eigenvalue weighted by atomic mass is 10.1. The fraction of sp³-hybridized carbons (Fsp3) is 0.188. The first kappa shape index (κ1) is 17.7. The topological polar surface area (TPSA) is 73.3 Å². The predicted octanol–water partition coefficient (Wildman–Crippen LogP) is 3.93. The third-order valence-electron chi connectivity index (χ3n) is 3.49. The maximum atomic E-state index is 10.4. The Hall–Kier alpha value is -2.09. The number of halogens is 2. The van der Waals surface area contributed by atoms with Crippen molar-refractivity contribution in [2.75, 3.05) is 14.2 Å². The average molecular weight is 398 g/mol. The highest BCUT2D eigenvalue weighted by Gasteiger charge is 2.20. The molecular weight excluding hydrogens is 385 g/mol. The van der Waals surface area contributed by atoms with Crippen molar-refractivity contribution in [1.82, 2.24) is 15.3 Å². The van der Waals surface area contributed by atoms with Crippen molar-refractivity contribution in [3.8, 4) is 21.9 Å². The lowest BCUT2D eigenvalue weighted by molar-refractivity contribution is -0.109. The summed E-state index contributed by atoms with van der Waals surface area (Å²) in [7, 11) is 3.06. The molecule has 3 rings (SSSR count). The van der Waals surface area contributed by atoms with Crippen LogP contribution in [0.25, 0.3) is 20.7 Å². The maximum absolute atomic E-state index is 10.4. The van der Waals surface area contributed by atoms with Crippen LogP contribution in [-0.4, -0.2) is 30.6 Å². The molecule has 0 bridgehead atoms. The van der Waals surface area contributed by atoms with Crippen molar-refractivity contribution in [1.29, 1.82) is 0 Å². The highest BCUT2D eigenvalue weighted by Crippen LogP contribution is 2.48. The standard InChI is InChI=1S/C16H13Cl2N3O3S/c1-23-9-4-10(24-2)15(18)13(14(9)17)11-3-8-5-20-12(6-19-7-22)21-16(8)25-11/h3-5,7H,6H2,1-2H3,(H,19,22). The summed E-state index contributed by atoms with van der Waals surface area (Å²) in [5, 5.41) is 4.19. The van der Waals surface area contributed by atoms with E-state index in [2.05, 4.69) is 15.3 Å². The van der Waals surface area contributed by atoms with Gasteiger partial charge in [0.15, 0.2) is 0 Å². The lowest BCUT2D eigenvalue weighted by Gasteiger charge is -2.13. The van der Waals surface area contributed by atoms with Crippen LogP contribution in [0, 0.1) is 0 Å². The Bertz CT molecular complexity index is 918. The minimum Gasteiger partial charge on any atom is -0.495 e. The summed E-state index contributed by atoms with van der Waals surface area (Å²) < 4.78 is 10.6. The molecule has 0 saturated carbocycles. The van der Waals surface area contributed by atoms with Crippen molar-refractivity contribution in [3.05, 3.63) is 34.2 Å². The Morgan fingerprint density at radius 1 is 1.20 bits per heavy atom. The zero-order chi connectivity index (χ0) is 18.0. The number of nitrogens with zero attached hydrogens (tertiary/aromatic N) is 2. The summed E-state index contributed by atoms with van der Waals surface area (Å²) >= 11 is 14.3. The number of hydrogen-bond acceptors (Lipinski definition) is 6. The number of aromatic nitrogens is 2. The molecule has 0 saturated heterocycles. The van der Waals surface area contributed by atoms with E-state index in [1.165, 1.54) is 25.6 Å². The summed E-state index contributed by atoms with van der Waals surface area (Å²) in [6.45, 7) is 0.265. The molecule has 9 heteroatoms. The molecule has 0 aliphatic carbocycles. The number of benzene rings is 1. The second-order valence-corrected chi connectivity index (χ2v) is 6.73. The third-order valence-corrected chi connectivity index (χ3v) is 5.30. The van der Waals surface area contributed by atoms with Crippen LogP contribution < -0.4 is 14.8 Å². The van der Waals surface area contributed by atoms with Crippen molar-refractivity contribution in [2.24, 2.45) is 0 Å². The van der Waals surface area contributed by atoms with Crippen LogP contribution in [0.2, 0.25) is 10.0 Å². The molecule has 0 aliphatic heterocycles. The number of thiophene rings is 1. The quantitative estimate of drug-likeness (QED) is 0.637. The summed E-state index contributed by atoms with van der Waals surface area (Å²) in [5.41, 5.74) is 0.620. The summed E-state index contributed by atoms with van der Waals surface area (Å²) in [5.74, 6) is 1.46. The van der Waals surface area contributed by atoms with Gasteiger partial charge in [-0.05, 0) is 6.07 Å². The van der Waals surface area contributed by atoms with Gasteiger partial charge in [0.05, 0.1) is 30.8 Å². The second kappa shape index (κ2) is 7.43. The Morgan fingerprint density at radius 3 is 2.48 bits per heavy atom. The number of nitrogens with one attached hydrogen (secondary N) is 1. The molecule has 0 radical (unpaired) electrons. The molecule has 1 aromatic carbocycles. The molecule has 0 fully saturated rings. The number of carbonyl (C=O) groups is 1. The summed E-state index contributed by atoms with van der Waals surface area (Å²) in [6, 6.07) is 3.55. The Kier molecular flexibility index (Phi) is 5.27. The van der Waals surface area contributed by atoms with Crippen molar-refractivity contribution >= 4 is 51.2 Å². The number of carbonyl (C=O) groups excluding carboxylic acids is 1. The van der Waals surface area contributed by atoms with E-state index in [1.54, 1.807) is 12.3 Å². The van der Waals surface area contributed by atoms with Crippen molar-refractivity contribution in [3.63, 3.8) is 0 Å². The van der Waals surface area contributed by atoms with E-state index in [0.29, 0.717) is 39.3 Å². The van der Waals surface area contributed by atoms with E-state index in [9.17, 15) is 4.79 Å². The summed E-state index contributed by atoms with van der Waals surface area (Å²) in [4.78, 5) is 20.7. The summed E-state index contributed by atoms with van der Waals surface area (Å²) in [6.07, 6.45) is 2.30. The maximum Gasteiger partial charge on any atom is 0.207 e. The van der Waals surface area contributed by atoms with Gasteiger partial charge in [-0.3, -0.25) is 4.79 Å². The van der Waals surface area contributed by atoms with E-state index < -0.39 is 0 Å². The predicted molar refractivity (Wildman–Crippen MR) is 98.9 cm³/mol. The van der Waals surface area contributed by atoms with E-state index in [0.717, 1.165) is 15.1 Å². The number of rotatable bonds is 6. The van der Waals surface area contributed by atoms with Gasteiger partial charge in [0.1, 0.15) is 22.2 Å². The zero-order valence-corrected chi connectivity index (χ0v) is 15.6. The Labute approximate surface area is 157 Å². The minimum atomic E-state index is 0.265. The molecule has 2 heterocycles. The highest BCUT2D eigenvalue weighted by molar-refractivity contribution is 7.22. The molecule has 1 amide bonds. The molecule has 25 heavy (non-hydrogen) atoms. The van der Waals surface area contributed by atoms with Crippen LogP contribution in [0.5, 0.6) is 11.5 Å². The van der Waals surface area contributed by atoms with Crippen molar-refractivity contribution < 1.29 is 14.3 Å². The number of amides is 1. The van der Waals surface area contributed by atoms with Gasteiger partial charge in [-0.25, -0.2) is 9.97 Å². The van der Waals surface area contributed by atoms with Crippen LogP contribution >= 0.6 is 34.5 Å². The van der Waals surface area contributed by atoms with Gasteiger partial charge in [-0.15, -0.1) is 11.3 Å². The van der Waals surface area contributed by atoms with Crippen molar-refractivity contribution in [2.45, 2.75) is 6.54 Å². The van der Waals surface area contributed by atoms with Gasteiger partial charge in [0.2, 0.25) is 6.41 Å². The van der Waals surface area contributed by atoms with Gasteiger partial charge < -0.3 is 14.8 Å². The van der Waals surface area contributed by atoms with Gasteiger partial charge in [-0.1, -0.05) is 23.2 Å². The molecule has 0 aliphatic rings. The fourth-order valence-electron chi connectivity index (χ4n) is 2.31. The van der Waals surface area contributed by atoms with E-state index in [1.807, 2.05) is 6.07 Å². The van der Waals surface area contributed by atoms with Crippen LogP contribution in [0.4, 0.5) is 0 Å². The SMILES string of the molecule is COc1cc(OC)c(Cl)c(-c2cc3cnc(CNC=O)nc3s2)c1Cl. The highest BCUT2D eigenvalue weighted by atomic mass is 35.5. The number of hydrogen-bond donors (Lipinski definition) is 1. The van der Waals surface area contributed by atoms with E-state index >= 15 is 0 Å². The first-order chi connectivity index (χ1) is 12.1. The molecule has 6 nitrogen and oxygen atoms in total. The van der Waals surface area contributed by atoms with Crippen LogP contribution in [0.1, 0.15) is 5.82 Å². The normalized spacial score (nSPS) is 10.7. The van der Waals surface area contributed by atoms with E-state index in [-0.39, 0.29) is 6.54 Å². The first-order valence-electron chi connectivity index (χ1n) is 7.11.